The van der Waals surface area contributed by atoms with Crippen LogP contribution in [0.1, 0.15) is 1.43 Å². The maximum Gasteiger partial charge on any atom is 2.00 e. The predicted octanol–water partition coefficient (Wildman–Crippen LogP) is -3.01. The van der Waals surface area contributed by atoms with Gasteiger partial charge in [-0.05, 0) is 0 Å². The first kappa shape index (κ1) is 46.8. The maximum atomic E-state index is 0. The van der Waals surface area contributed by atoms with Crippen LogP contribution in [-0.4, -0.2) is 0 Å². The molecule has 2 radical (unpaired) electrons. The molecule has 0 saturated heterocycles. The zero-order chi connectivity index (χ0) is 0. The molecule has 0 unspecified atom stereocenters. The Bertz CT molecular complexity index is 11.6. The monoisotopic (exact) mass is 138 g/mol. The third-order valence-electron chi connectivity index (χ3n) is 0. The first-order valence-corrected chi connectivity index (χ1v) is 0. The van der Waals surface area contributed by atoms with Crippen molar-refractivity contribution in [2.45, 2.75) is 0 Å². The molecule has 0 amide bonds. The summed E-state index contributed by atoms with van der Waals surface area (Å²) in [6.45, 7) is 0. The molecule has 0 aromatic heterocycles. The Balaban J connectivity index is 0. The van der Waals surface area contributed by atoms with Gasteiger partial charge in [-0.25, -0.2) is 0 Å². The molecule has 0 bridgehead atoms. The molecule has 0 heterocycles. The van der Waals surface area contributed by atoms with Crippen LogP contribution >= 0.6 is 0 Å². The van der Waals surface area contributed by atoms with Crippen LogP contribution in [0.15, 0.2) is 0 Å². The summed E-state index contributed by atoms with van der Waals surface area (Å²) in [7, 11) is 0. The van der Waals surface area contributed by atoms with Crippen LogP contribution in [0, 0.1) is 0 Å². The zero-order valence-electron chi connectivity index (χ0n) is 3.12. The molecule has 0 fully saturated rings. The topological polar surface area (TPSA) is 28.5 Å². The smallest absolute Gasteiger partial charge is 2.00 e. The average Bonchev–Trinajstić information content (AvgIpc) is 0. The van der Waals surface area contributed by atoms with Gasteiger partial charge in [0.1, 0.15) is 0 Å². The van der Waals surface area contributed by atoms with Gasteiger partial charge in [0.2, 0.25) is 0 Å². The third kappa shape index (κ3) is 9.54. The molecule has 0 rings (SSSR count). The van der Waals surface area contributed by atoms with Gasteiger partial charge >= 0.3 is 35.6 Å². The van der Waals surface area contributed by atoms with Gasteiger partial charge in [0, 0.05) is 17.1 Å². The van der Waals surface area contributed by atoms with Crippen molar-refractivity contribution in [3.05, 3.63) is 0 Å². The molecule has 24 valence electrons. The van der Waals surface area contributed by atoms with Crippen molar-refractivity contribution in [1.29, 1.82) is 0 Å². The molecular weight excluding hydrogens is 137 g/mol. The predicted molar refractivity (Wildman–Crippen MR) is 1.80 cm³/mol. The Hall–Kier alpha value is 1.58. The Morgan fingerprint density at radius 3 is 1.25 bits per heavy atom. The number of hydrogen-bond donors (Lipinski definition) is 0. The molecule has 0 aromatic carbocycles. The number of rotatable bonds is 0. The largest absolute Gasteiger partial charge is 2.00 e. The van der Waals surface area contributed by atoms with Crippen LogP contribution in [0.4, 0.5) is 0 Å². The SMILES string of the molecule is [Co+2].[H-].[Li+].[Mn].[O-2]. The summed E-state index contributed by atoms with van der Waals surface area (Å²) in [6, 6.07) is 0. The van der Waals surface area contributed by atoms with E-state index >= 15 is 0 Å². The molecule has 0 aliphatic rings. The quantitative estimate of drug-likeness (QED) is 0.319. The van der Waals surface area contributed by atoms with Crippen LogP contribution in [0.3, 0.4) is 0 Å². The Morgan fingerprint density at radius 1 is 1.25 bits per heavy atom. The van der Waals surface area contributed by atoms with Crippen LogP contribution in [0.5, 0.6) is 0 Å². The van der Waals surface area contributed by atoms with Crippen molar-refractivity contribution < 1.29 is 59.6 Å². The van der Waals surface area contributed by atoms with Crippen molar-refractivity contribution in [3.63, 3.8) is 0 Å². The minimum atomic E-state index is 0. The molecular formula is HCoLiMnO. The van der Waals surface area contributed by atoms with Crippen LogP contribution in [0.2, 0.25) is 0 Å². The standard InChI is InChI=1S/Co.Li.Mn.O.H/q+2;+1;;-2;-1. The molecule has 0 aliphatic heterocycles. The molecule has 1 nitrogen and oxygen atoms in total. The molecule has 0 N–H and O–H groups in total. The Morgan fingerprint density at radius 2 is 1.25 bits per heavy atom. The van der Waals surface area contributed by atoms with Gasteiger partial charge in [0.15, 0.2) is 0 Å². The van der Waals surface area contributed by atoms with E-state index in [0.717, 1.165) is 0 Å². The molecule has 0 saturated carbocycles. The van der Waals surface area contributed by atoms with Gasteiger partial charge in [-0.15, -0.1) is 0 Å². The van der Waals surface area contributed by atoms with Crippen molar-refractivity contribution in [2.24, 2.45) is 0 Å². The summed E-state index contributed by atoms with van der Waals surface area (Å²) < 4.78 is 0. The zero-order valence-corrected chi connectivity index (χ0v) is 4.34. The van der Waals surface area contributed by atoms with E-state index in [1.54, 1.807) is 0 Å². The van der Waals surface area contributed by atoms with Crippen LogP contribution < -0.4 is 18.9 Å². The third-order valence-corrected chi connectivity index (χ3v) is 0. The van der Waals surface area contributed by atoms with Gasteiger partial charge < -0.3 is 6.90 Å². The Kier molecular flexibility index (Phi) is 275. The molecule has 0 aliphatic carbocycles. The van der Waals surface area contributed by atoms with Crippen molar-refractivity contribution in [2.75, 3.05) is 0 Å². The van der Waals surface area contributed by atoms with Crippen molar-refractivity contribution in [1.82, 2.24) is 0 Å². The summed E-state index contributed by atoms with van der Waals surface area (Å²) in [6.07, 6.45) is 0. The van der Waals surface area contributed by atoms with E-state index in [0.29, 0.717) is 0 Å². The first-order chi connectivity index (χ1) is 0. The van der Waals surface area contributed by atoms with Crippen LogP contribution in [-0.2, 0) is 39.3 Å². The summed E-state index contributed by atoms with van der Waals surface area (Å²) in [5.74, 6) is 0. The number of hydrogen-bond acceptors (Lipinski definition) is 0. The molecule has 0 atom stereocenters. The second kappa shape index (κ2) is 23.5. The summed E-state index contributed by atoms with van der Waals surface area (Å²) in [4.78, 5) is 0. The normalized spacial score (nSPS) is 0. The van der Waals surface area contributed by atoms with E-state index in [2.05, 4.69) is 0 Å². The maximum absolute atomic E-state index is 0. The van der Waals surface area contributed by atoms with Gasteiger partial charge in [-0.1, -0.05) is 0 Å². The van der Waals surface area contributed by atoms with Crippen LogP contribution in [0.25, 0.3) is 0 Å². The minimum Gasteiger partial charge on any atom is -2.00 e. The van der Waals surface area contributed by atoms with E-state index in [-0.39, 0.29) is 59.6 Å². The fourth-order valence-electron chi connectivity index (χ4n) is 0. The first-order valence-electron chi connectivity index (χ1n) is 0. The fraction of sp³-hybridized carbons (Fsp3) is 0. The van der Waals surface area contributed by atoms with E-state index < -0.39 is 0 Å². The van der Waals surface area contributed by atoms with Crippen molar-refractivity contribution >= 4 is 0 Å². The van der Waals surface area contributed by atoms with E-state index in [4.69, 9.17) is 0 Å². The molecule has 4 heavy (non-hydrogen) atoms. The van der Waals surface area contributed by atoms with Gasteiger partial charge in [0.25, 0.3) is 0 Å². The Labute approximate surface area is 59.5 Å². The van der Waals surface area contributed by atoms with Crippen molar-refractivity contribution in [3.8, 4) is 0 Å². The summed E-state index contributed by atoms with van der Waals surface area (Å²) >= 11 is 0. The molecule has 0 spiro atoms. The van der Waals surface area contributed by atoms with E-state index in [1.165, 1.54) is 0 Å². The molecule has 0 aromatic rings. The van der Waals surface area contributed by atoms with Gasteiger partial charge in [-0.3, -0.25) is 0 Å². The summed E-state index contributed by atoms with van der Waals surface area (Å²) in [5.41, 5.74) is 0. The van der Waals surface area contributed by atoms with E-state index in [1.807, 2.05) is 0 Å². The summed E-state index contributed by atoms with van der Waals surface area (Å²) in [5, 5.41) is 0. The minimum absolute atomic E-state index is 0. The van der Waals surface area contributed by atoms with Gasteiger partial charge in [0.05, 0.1) is 0 Å². The van der Waals surface area contributed by atoms with Gasteiger partial charge in [-0.2, -0.15) is 0 Å². The second-order valence-corrected chi connectivity index (χ2v) is 0. The van der Waals surface area contributed by atoms with E-state index in [9.17, 15) is 0 Å². The fourth-order valence-corrected chi connectivity index (χ4v) is 0. The second-order valence-electron chi connectivity index (χ2n) is 0. The average molecular weight is 138 g/mol. The molecule has 4 heteroatoms.